The number of benzene rings is 1. The highest BCUT2D eigenvalue weighted by atomic mass is 16.2. The first-order valence-corrected chi connectivity index (χ1v) is 9.37. The first-order valence-electron chi connectivity index (χ1n) is 9.37. The molecule has 2 aromatic rings. The number of aryl methyl sites for hydroxylation is 1. The number of hydrogen-bond acceptors (Lipinski definition) is 3. The average Bonchev–Trinajstić information content (AvgIpc) is 3.27. The smallest absolute Gasteiger partial charge is 0.252 e. The van der Waals surface area contributed by atoms with Crippen LogP contribution in [0.4, 0.5) is 0 Å². The Hall–Kier alpha value is -2.63. The summed E-state index contributed by atoms with van der Waals surface area (Å²) in [6.45, 7) is 3.66. The van der Waals surface area contributed by atoms with Crippen molar-refractivity contribution in [1.82, 2.24) is 20.4 Å². The van der Waals surface area contributed by atoms with Gasteiger partial charge in [0.15, 0.2) is 0 Å². The van der Waals surface area contributed by atoms with Crippen molar-refractivity contribution in [3.05, 3.63) is 52.8 Å². The molecule has 6 heteroatoms. The molecule has 0 bridgehead atoms. The molecule has 3 heterocycles. The second-order valence-electron chi connectivity index (χ2n) is 7.13. The van der Waals surface area contributed by atoms with Crippen LogP contribution in [0.5, 0.6) is 0 Å². The maximum atomic E-state index is 12.7. The van der Waals surface area contributed by atoms with E-state index in [1.807, 2.05) is 35.4 Å². The molecule has 0 radical (unpaired) electrons. The number of amides is 2. The van der Waals surface area contributed by atoms with Gasteiger partial charge in [0, 0.05) is 30.3 Å². The minimum atomic E-state index is -0.205. The number of rotatable bonds is 4. The third-order valence-electron chi connectivity index (χ3n) is 5.65. The number of H-pyrrole nitrogens is 1. The van der Waals surface area contributed by atoms with Crippen LogP contribution in [-0.4, -0.2) is 40.0 Å². The van der Waals surface area contributed by atoms with Crippen LogP contribution in [-0.2, 0) is 11.2 Å². The lowest BCUT2D eigenvalue weighted by Crippen LogP contribution is -2.39. The molecular formula is C20H24N4O2. The number of nitrogens with one attached hydrogen (secondary N) is 2. The first-order chi connectivity index (χ1) is 12.7. The molecule has 2 amide bonds. The maximum Gasteiger partial charge on any atom is 0.252 e. The van der Waals surface area contributed by atoms with E-state index < -0.39 is 0 Å². The fourth-order valence-corrected chi connectivity index (χ4v) is 4.16. The van der Waals surface area contributed by atoms with Gasteiger partial charge in [-0.1, -0.05) is 25.1 Å². The van der Waals surface area contributed by atoms with Gasteiger partial charge in [-0.3, -0.25) is 14.7 Å². The highest BCUT2D eigenvalue weighted by Gasteiger charge is 2.32. The molecule has 0 aliphatic carbocycles. The zero-order chi connectivity index (χ0) is 18.1. The summed E-state index contributed by atoms with van der Waals surface area (Å²) < 4.78 is 0. The largest absolute Gasteiger partial charge is 0.345 e. The van der Waals surface area contributed by atoms with Crippen LogP contribution in [0.15, 0.2) is 30.5 Å². The van der Waals surface area contributed by atoms with E-state index in [0.717, 1.165) is 37.9 Å². The summed E-state index contributed by atoms with van der Waals surface area (Å²) in [4.78, 5) is 26.7. The normalized spacial score (nSPS) is 20.1. The van der Waals surface area contributed by atoms with Gasteiger partial charge < -0.3 is 10.2 Å². The minimum absolute atomic E-state index is 0.0801. The fraction of sp³-hybridized carbons (Fsp3) is 0.450. The Morgan fingerprint density at radius 1 is 1.27 bits per heavy atom. The molecule has 4 rings (SSSR count). The number of hydrogen-bond donors (Lipinski definition) is 2. The van der Waals surface area contributed by atoms with E-state index in [-0.39, 0.29) is 17.9 Å². The first kappa shape index (κ1) is 16.8. The van der Waals surface area contributed by atoms with Gasteiger partial charge in [0.25, 0.3) is 5.91 Å². The molecule has 0 unspecified atom stereocenters. The number of aromatic amines is 1. The molecule has 136 valence electrons. The van der Waals surface area contributed by atoms with E-state index in [0.29, 0.717) is 17.9 Å². The van der Waals surface area contributed by atoms with Crippen molar-refractivity contribution in [3.8, 4) is 0 Å². The van der Waals surface area contributed by atoms with Gasteiger partial charge in [-0.2, -0.15) is 5.10 Å². The van der Waals surface area contributed by atoms with E-state index in [4.69, 9.17) is 0 Å². The van der Waals surface area contributed by atoms with Crippen LogP contribution in [0.1, 0.15) is 65.3 Å². The summed E-state index contributed by atoms with van der Waals surface area (Å²) in [5.41, 5.74) is 4.14. The second-order valence-corrected chi connectivity index (χ2v) is 7.13. The Balaban J connectivity index is 1.37. The van der Waals surface area contributed by atoms with Crippen molar-refractivity contribution < 1.29 is 9.59 Å². The lowest BCUT2D eigenvalue weighted by Gasteiger charge is -2.32. The number of carbonyl (C=O) groups is 2. The average molecular weight is 352 g/mol. The van der Waals surface area contributed by atoms with Crippen molar-refractivity contribution in [1.29, 1.82) is 0 Å². The summed E-state index contributed by atoms with van der Waals surface area (Å²) in [5, 5.41) is 10.3. The van der Waals surface area contributed by atoms with Gasteiger partial charge in [0.1, 0.15) is 0 Å². The molecule has 1 atom stereocenters. The lowest BCUT2D eigenvalue weighted by molar-refractivity contribution is -0.132. The second kappa shape index (κ2) is 6.94. The molecule has 1 fully saturated rings. The Morgan fingerprint density at radius 3 is 2.81 bits per heavy atom. The summed E-state index contributed by atoms with van der Waals surface area (Å²) in [6.07, 6.45) is 5.12. The van der Waals surface area contributed by atoms with Crippen LogP contribution >= 0.6 is 0 Å². The van der Waals surface area contributed by atoms with Gasteiger partial charge in [-0.05, 0) is 36.5 Å². The predicted molar refractivity (Wildman–Crippen MR) is 97.8 cm³/mol. The SMILES string of the molecule is CCc1cn[nH]c1C1CCN(C(=O)C[C@H]2NC(=O)c3ccccc32)CC1. The number of aromatic nitrogens is 2. The minimum Gasteiger partial charge on any atom is -0.345 e. The van der Waals surface area contributed by atoms with Gasteiger partial charge in [0.2, 0.25) is 5.91 Å². The summed E-state index contributed by atoms with van der Waals surface area (Å²) >= 11 is 0. The number of nitrogens with zero attached hydrogens (tertiary/aromatic N) is 2. The highest BCUT2D eigenvalue weighted by Crippen LogP contribution is 2.31. The molecule has 6 nitrogen and oxygen atoms in total. The van der Waals surface area contributed by atoms with E-state index in [2.05, 4.69) is 22.4 Å². The molecular weight excluding hydrogens is 328 g/mol. The van der Waals surface area contributed by atoms with Crippen LogP contribution in [0.3, 0.4) is 0 Å². The quantitative estimate of drug-likeness (QED) is 0.888. The monoisotopic (exact) mass is 352 g/mol. The molecule has 2 aliphatic heterocycles. The van der Waals surface area contributed by atoms with Crippen LogP contribution in [0.2, 0.25) is 0 Å². The van der Waals surface area contributed by atoms with Crippen molar-refractivity contribution >= 4 is 11.8 Å². The Morgan fingerprint density at radius 2 is 2.04 bits per heavy atom. The number of piperidine rings is 1. The number of likely N-dealkylation sites (tertiary alicyclic amines) is 1. The van der Waals surface area contributed by atoms with Crippen LogP contribution in [0, 0.1) is 0 Å². The molecule has 1 aromatic heterocycles. The van der Waals surface area contributed by atoms with E-state index in [1.165, 1.54) is 11.3 Å². The predicted octanol–water partition coefficient (Wildman–Crippen LogP) is 2.55. The van der Waals surface area contributed by atoms with Crippen LogP contribution in [0.25, 0.3) is 0 Å². The van der Waals surface area contributed by atoms with Crippen LogP contribution < -0.4 is 5.32 Å². The number of carbonyl (C=O) groups excluding carboxylic acids is 2. The number of fused-ring (bicyclic) bond motifs is 1. The van der Waals surface area contributed by atoms with Gasteiger partial charge in [-0.25, -0.2) is 0 Å². The van der Waals surface area contributed by atoms with E-state index in [1.54, 1.807) is 0 Å². The molecule has 2 N–H and O–H groups in total. The molecule has 1 saturated heterocycles. The summed E-state index contributed by atoms with van der Waals surface area (Å²) in [7, 11) is 0. The fourth-order valence-electron chi connectivity index (χ4n) is 4.16. The van der Waals surface area contributed by atoms with Crippen molar-refractivity contribution in [3.63, 3.8) is 0 Å². The summed E-state index contributed by atoms with van der Waals surface area (Å²) in [5.74, 6) is 0.484. The van der Waals surface area contributed by atoms with Gasteiger partial charge in [-0.15, -0.1) is 0 Å². The molecule has 0 spiro atoms. The molecule has 26 heavy (non-hydrogen) atoms. The Kier molecular flexibility index (Phi) is 4.49. The standard InChI is InChI=1S/C20H24N4O2/c1-2-13-12-21-23-19(13)14-7-9-24(10-8-14)18(25)11-17-15-5-3-4-6-16(15)20(26)22-17/h3-6,12,14,17H,2,7-11H2,1H3,(H,21,23)(H,22,26)/t17-/m1/s1. The Bertz CT molecular complexity index is 821. The molecule has 0 saturated carbocycles. The van der Waals surface area contributed by atoms with Crippen molar-refractivity contribution in [2.24, 2.45) is 0 Å². The maximum absolute atomic E-state index is 12.7. The summed E-state index contributed by atoms with van der Waals surface area (Å²) in [6, 6.07) is 7.31. The molecule has 2 aliphatic rings. The third-order valence-corrected chi connectivity index (χ3v) is 5.65. The zero-order valence-electron chi connectivity index (χ0n) is 15.0. The Labute approximate surface area is 153 Å². The van der Waals surface area contributed by atoms with Crippen molar-refractivity contribution in [2.75, 3.05) is 13.1 Å². The van der Waals surface area contributed by atoms with Crippen molar-refractivity contribution in [2.45, 2.75) is 44.6 Å². The molecule has 1 aromatic carbocycles. The van der Waals surface area contributed by atoms with Gasteiger partial charge >= 0.3 is 0 Å². The highest BCUT2D eigenvalue weighted by molar-refractivity contribution is 5.99. The van der Waals surface area contributed by atoms with E-state index >= 15 is 0 Å². The zero-order valence-corrected chi connectivity index (χ0v) is 15.0. The van der Waals surface area contributed by atoms with E-state index in [9.17, 15) is 9.59 Å². The van der Waals surface area contributed by atoms with Gasteiger partial charge in [0.05, 0.1) is 18.7 Å². The topological polar surface area (TPSA) is 78.1 Å². The lowest BCUT2D eigenvalue weighted by atomic mass is 9.90. The third kappa shape index (κ3) is 3.00.